The summed E-state index contributed by atoms with van der Waals surface area (Å²) < 4.78 is 11.1. The second-order valence-corrected chi connectivity index (χ2v) is 5.43. The Labute approximate surface area is 112 Å². The van der Waals surface area contributed by atoms with Gasteiger partial charge in [-0.1, -0.05) is 0 Å². The zero-order valence-electron chi connectivity index (χ0n) is 10.4. The van der Waals surface area contributed by atoms with Crippen molar-refractivity contribution in [3.05, 3.63) is 23.1 Å². The number of nitrogens with one attached hydrogen (secondary N) is 1. The number of nitrogens with zero attached hydrogens (tertiary/aromatic N) is 1. The van der Waals surface area contributed by atoms with Crippen LogP contribution in [-0.2, 0) is 11.3 Å². The third-order valence-corrected chi connectivity index (χ3v) is 3.74. The van der Waals surface area contributed by atoms with Gasteiger partial charge >= 0.3 is 0 Å². The Hall–Kier alpha value is -0.550. The Bertz CT molecular complexity index is 392. The quantitative estimate of drug-likeness (QED) is 0.887. The van der Waals surface area contributed by atoms with Gasteiger partial charge in [0.1, 0.15) is 5.76 Å². The summed E-state index contributed by atoms with van der Waals surface area (Å²) in [5, 5.41) is 3.81. The van der Waals surface area contributed by atoms with Crippen LogP contribution in [0.15, 0.2) is 16.5 Å². The zero-order chi connectivity index (χ0) is 12.4. The first-order valence-electron chi connectivity index (χ1n) is 6.62. The molecular formula is C13H19ClN2O2. The summed E-state index contributed by atoms with van der Waals surface area (Å²) in [5.74, 6) is 0.870. The molecule has 5 heteroatoms. The Balaban J connectivity index is 1.39. The smallest absolute Gasteiger partial charge is 0.193 e. The highest BCUT2D eigenvalue weighted by Gasteiger charge is 2.32. The molecule has 1 aliphatic carbocycles. The maximum atomic E-state index is 5.77. The molecule has 2 fully saturated rings. The van der Waals surface area contributed by atoms with E-state index in [4.69, 9.17) is 20.8 Å². The van der Waals surface area contributed by atoms with Gasteiger partial charge in [-0.25, -0.2) is 0 Å². The number of furan rings is 1. The fourth-order valence-electron chi connectivity index (χ4n) is 2.44. The van der Waals surface area contributed by atoms with Gasteiger partial charge in [0.05, 0.1) is 19.3 Å². The average molecular weight is 271 g/mol. The minimum Gasteiger partial charge on any atom is -0.448 e. The van der Waals surface area contributed by atoms with Crippen molar-refractivity contribution in [3.8, 4) is 0 Å². The summed E-state index contributed by atoms with van der Waals surface area (Å²) in [4.78, 5) is 2.56. The molecule has 1 aromatic heterocycles. The second-order valence-electron chi connectivity index (χ2n) is 5.06. The van der Waals surface area contributed by atoms with Gasteiger partial charge in [-0.3, -0.25) is 4.90 Å². The molecule has 1 saturated carbocycles. The van der Waals surface area contributed by atoms with Crippen LogP contribution in [0, 0.1) is 0 Å². The molecule has 1 aliphatic heterocycles. The lowest BCUT2D eigenvalue weighted by molar-refractivity contribution is -0.0302. The van der Waals surface area contributed by atoms with Crippen LogP contribution < -0.4 is 5.32 Å². The third-order valence-electron chi connectivity index (χ3n) is 3.53. The standard InChI is InChI=1S/C13H19ClN2O2/c14-13-4-3-11(18-13)7-15-8-12-9-16(5-6-17-12)10-1-2-10/h3-4,10,12,15H,1-2,5-9H2/t12-/m0/s1. The lowest BCUT2D eigenvalue weighted by Crippen LogP contribution is -2.47. The predicted octanol–water partition coefficient (Wildman–Crippen LogP) is 1.89. The number of morpholine rings is 1. The highest BCUT2D eigenvalue weighted by Crippen LogP contribution is 2.28. The van der Waals surface area contributed by atoms with Crippen LogP contribution in [-0.4, -0.2) is 43.3 Å². The Morgan fingerprint density at radius 3 is 3.00 bits per heavy atom. The van der Waals surface area contributed by atoms with Gasteiger partial charge < -0.3 is 14.5 Å². The normalized spacial score (nSPS) is 25.5. The van der Waals surface area contributed by atoms with Crippen molar-refractivity contribution in [2.45, 2.75) is 31.5 Å². The molecule has 0 amide bonds. The van der Waals surface area contributed by atoms with E-state index < -0.39 is 0 Å². The molecule has 1 saturated heterocycles. The van der Waals surface area contributed by atoms with Gasteiger partial charge in [0.2, 0.25) is 0 Å². The van der Waals surface area contributed by atoms with Crippen LogP contribution in [0.2, 0.25) is 5.22 Å². The third kappa shape index (κ3) is 3.26. The van der Waals surface area contributed by atoms with E-state index in [0.717, 1.165) is 38.0 Å². The Kier molecular flexibility index (Phi) is 3.89. The van der Waals surface area contributed by atoms with E-state index in [2.05, 4.69) is 10.2 Å². The van der Waals surface area contributed by atoms with Gasteiger partial charge in [-0.2, -0.15) is 0 Å². The summed E-state index contributed by atoms with van der Waals surface area (Å²) >= 11 is 5.72. The number of ether oxygens (including phenoxy) is 1. The molecule has 1 N–H and O–H groups in total. The van der Waals surface area contributed by atoms with Crippen molar-refractivity contribution in [1.82, 2.24) is 10.2 Å². The van der Waals surface area contributed by atoms with Gasteiger partial charge in [-0.05, 0) is 36.6 Å². The number of hydrogen-bond donors (Lipinski definition) is 1. The minimum absolute atomic E-state index is 0.296. The van der Waals surface area contributed by atoms with Crippen LogP contribution in [0.5, 0.6) is 0 Å². The molecule has 4 nitrogen and oxygen atoms in total. The first-order chi connectivity index (χ1) is 8.81. The lowest BCUT2D eigenvalue weighted by atomic mass is 10.2. The van der Waals surface area contributed by atoms with E-state index in [0.29, 0.717) is 17.9 Å². The molecule has 1 atom stereocenters. The van der Waals surface area contributed by atoms with Crippen LogP contribution in [0.25, 0.3) is 0 Å². The van der Waals surface area contributed by atoms with E-state index in [1.54, 1.807) is 6.07 Å². The second kappa shape index (κ2) is 5.61. The number of rotatable bonds is 5. The highest BCUT2D eigenvalue weighted by atomic mass is 35.5. The van der Waals surface area contributed by atoms with Crippen molar-refractivity contribution in [2.75, 3.05) is 26.2 Å². The van der Waals surface area contributed by atoms with Gasteiger partial charge in [0.15, 0.2) is 5.22 Å². The van der Waals surface area contributed by atoms with Crippen molar-refractivity contribution >= 4 is 11.6 Å². The molecule has 3 rings (SSSR count). The first-order valence-corrected chi connectivity index (χ1v) is 6.99. The van der Waals surface area contributed by atoms with Crippen LogP contribution in [0.4, 0.5) is 0 Å². The van der Waals surface area contributed by atoms with Crippen molar-refractivity contribution in [1.29, 1.82) is 0 Å². The lowest BCUT2D eigenvalue weighted by Gasteiger charge is -2.33. The number of halogens is 1. The summed E-state index contributed by atoms with van der Waals surface area (Å²) in [6.45, 7) is 4.57. The van der Waals surface area contributed by atoms with E-state index in [9.17, 15) is 0 Å². The van der Waals surface area contributed by atoms with E-state index >= 15 is 0 Å². The predicted molar refractivity (Wildman–Crippen MR) is 69.8 cm³/mol. The molecule has 0 spiro atoms. The molecule has 0 bridgehead atoms. The van der Waals surface area contributed by atoms with Gasteiger partial charge in [-0.15, -0.1) is 0 Å². The van der Waals surface area contributed by atoms with Crippen LogP contribution in [0.3, 0.4) is 0 Å². The molecule has 18 heavy (non-hydrogen) atoms. The first kappa shape index (κ1) is 12.5. The fraction of sp³-hybridized carbons (Fsp3) is 0.692. The van der Waals surface area contributed by atoms with Gasteiger partial charge in [0, 0.05) is 25.7 Å². The van der Waals surface area contributed by atoms with Crippen LogP contribution >= 0.6 is 11.6 Å². The molecule has 2 heterocycles. The fourth-order valence-corrected chi connectivity index (χ4v) is 2.60. The maximum Gasteiger partial charge on any atom is 0.193 e. The monoisotopic (exact) mass is 270 g/mol. The Morgan fingerprint density at radius 1 is 1.39 bits per heavy atom. The highest BCUT2D eigenvalue weighted by molar-refractivity contribution is 6.28. The minimum atomic E-state index is 0.296. The van der Waals surface area contributed by atoms with Crippen molar-refractivity contribution in [3.63, 3.8) is 0 Å². The summed E-state index contributed by atoms with van der Waals surface area (Å²) in [5.41, 5.74) is 0. The molecule has 100 valence electrons. The summed E-state index contributed by atoms with van der Waals surface area (Å²) in [6, 6.07) is 4.50. The average Bonchev–Trinajstić information content (AvgIpc) is 3.14. The molecule has 1 aromatic rings. The zero-order valence-corrected chi connectivity index (χ0v) is 11.2. The van der Waals surface area contributed by atoms with Gasteiger partial charge in [0.25, 0.3) is 0 Å². The van der Waals surface area contributed by atoms with E-state index in [1.165, 1.54) is 12.8 Å². The van der Waals surface area contributed by atoms with Crippen LogP contribution in [0.1, 0.15) is 18.6 Å². The molecule has 0 aromatic carbocycles. The topological polar surface area (TPSA) is 37.6 Å². The molecule has 0 unspecified atom stereocenters. The maximum absolute atomic E-state index is 5.77. The SMILES string of the molecule is Clc1ccc(CNC[C@H]2CN(C3CC3)CCO2)o1. The largest absolute Gasteiger partial charge is 0.448 e. The summed E-state index contributed by atoms with van der Waals surface area (Å²) in [6.07, 6.45) is 3.03. The molecule has 2 aliphatic rings. The molecular weight excluding hydrogens is 252 g/mol. The van der Waals surface area contributed by atoms with E-state index in [-0.39, 0.29) is 0 Å². The number of hydrogen-bond acceptors (Lipinski definition) is 4. The molecule has 0 radical (unpaired) electrons. The van der Waals surface area contributed by atoms with E-state index in [1.807, 2.05) is 6.07 Å². The van der Waals surface area contributed by atoms with Crippen molar-refractivity contribution < 1.29 is 9.15 Å². The summed E-state index contributed by atoms with van der Waals surface area (Å²) in [7, 11) is 0. The van der Waals surface area contributed by atoms with Crippen molar-refractivity contribution in [2.24, 2.45) is 0 Å². The Morgan fingerprint density at radius 2 is 2.28 bits per heavy atom.